The molecule has 0 bridgehead atoms. The molecule has 1 atom stereocenters. The van der Waals surface area contributed by atoms with Gasteiger partial charge in [0.05, 0.1) is 5.92 Å². The van der Waals surface area contributed by atoms with Crippen molar-refractivity contribution in [2.75, 3.05) is 0 Å². The maximum absolute atomic E-state index is 10.7. The molecular weight excluding hydrogens is 168 g/mol. The minimum atomic E-state index is -0.377. The van der Waals surface area contributed by atoms with Gasteiger partial charge in [0.1, 0.15) is 6.07 Å². The van der Waals surface area contributed by atoms with Crippen LogP contribution in [0, 0.1) is 17.2 Å². The molecule has 0 spiro atoms. The highest BCUT2D eigenvalue weighted by Gasteiger charge is 2.11. The number of carbonyl (C=O) groups is 1. The predicted molar refractivity (Wildman–Crippen MR) is 45.3 cm³/mol. The smallest absolute Gasteiger partial charge is 0.222 e. The molecule has 1 heterocycles. The van der Waals surface area contributed by atoms with Gasteiger partial charge in [-0.05, 0) is 0 Å². The molecule has 1 rings (SSSR count). The Kier molecular flexibility index (Phi) is 2.65. The topological polar surface area (TPSA) is 84.7 Å². The summed E-state index contributed by atoms with van der Waals surface area (Å²) in [5.41, 5.74) is 5.09. The van der Waals surface area contributed by atoms with Crippen LogP contribution in [-0.2, 0) is 11.3 Å². The maximum Gasteiger partial charge on any atom is 0.222 e. The lowest BCUT2D eigenvalue weighted by Crippen LogP contribution is -2.24. The lowest BCUT2D eigenvalue weighted by molar-refractivity contribution is -0.121. The zero-order valence-corrected chi connectivity index (χ0v) is 7.27. The second-order valence-corrected chi connectivity index (χ2v) is 2.82. The van der Waals surface area contributed by atoms with Gasteiger partial charge in [-0.3, -0.25) is 4.79 Å². The van der Waals surface area contributed by atoms with E-state index in [-0.39, 0.29) is 11.8 Å². The number of hydrogen-bond acceptors (Lipinski definition) is 3. The molecule has 0 radical (unpaired) electrons. The number of amides is 1. The van der Waals surface area contributed by atoms with Gasteiger partial charge in [-0.1, -0.05) is 6.92 Å². The van der Waals surface area contributed by atoms with Gasteiger partial charge in [-0.25, -0.2) is 4.98 Å². The van der Waals surface area contributed by atoms with E-state index in [1.807, 2.05) is 6.07 Å². The minimum Gasteiger partial charge on any atom is -0.369 e. The number of hydrogen-bond donors (Lipinski definition) is 1. The first-order chi connectivity index (χ1) is 6.15. The Morgan fingerprint density at radius 1 is 1.92 bits per heavy atom. The molecule has 13 heavy (non-hydrogen) atoms. The molecule has 0 saturated carbocycles. The van der Waals surface area contributed by atoms with Crippen molar-refractivity contribution in [2.45, 2.75) is 13.5 Å². The van der Waals surface area contributed by atoms with Gasteiger partial charge in [-0.2, -0.15) is 5.26 Å². The van der Waals surface area contributed by atoms with Crippen LogP contribution in [0.4, 0.5) is 0 Å². The Morgan fingerprint density at radius 3 is 3.15 bits per heavy atom. The maximum atomic E-state index is 10.7. The van der Waals surface area contributed by atoms with E-state index in [4.69, 9.17) is 11.0 Å². The minimum absolute atomic E-state index is 0.290. The molecule has 2 N–H and O–H groups in total. The molecule has 1 amide bonds. The number of primary amides is 1. The molecular formula is C8H10N4O. The summed E-state index contributed by atoms with van der Waals surface area (Å²) in [7, 11) is 0. The summed E-state index contributed by atoms with van der Waals surface area (Å²) >= 11 is 0. The molecule has 1 aromatic heterocycles. The summed E-state index contributed by atoms with van der Waals surface area (Å²) in [6.07, 6.45) is 3.17. The molecule has 0 aliphatic rings. The van der Waals surface area contributed by atoms with Gasteiger partial charge < -0.3 is 10.3 Å². The van der Waals surface area contributed by atoms with Gasteiger partial charge in [0.2, 0.25) is 11.7 Å². The van der Waals surface area contributed by atoms with Crippen molar-refractivity contribution in [3.63, 3.8) is 0 Å². The molecule has 0 aliphatic heterocycles. The summed E-state index contributed by atoms with van der Waals surface area (Å²) in [6, 6.07) is 1.92. The van der Waals surface area contributed by atoms with Gasteiger partial charge in [0.25, 0.3) is 0 Å². The third-order valence-electron chi connectivity index (χ3n) is 1.77. The second-order valence-electron chi connectivity index (χ2n) is 2.82. The monoisotopic (exact) mass is 178 g/mol. The quantitative estimate of drug-likeness (QED) is 0.700. The van der Waals surface area contributed by atoms with Crippen LogP contribution >= 0.6 is 0 Å². The van der Waals surface area contributed by atoms with Crippen LogP contribution in [0.5, 0.6) is 0 Å². The highest BCUT2D eigenvalue weighted by atomic mass is 16.1. The van der Waals surface area contributed by atoms with Crippen molar-refractivity contribution in [1.29, 1.82) is 5.26 Å². The predicted octanol–water partition coefficient (Wildman–Crippen LogP) is -0.124. The van der Waals surface area contributed by atoms with Crippen molar-refractivity contribution < 1.29 is 4.79 Å². The molecule has 0 aromatic carbocycles. The Morgan fingerprint density at radius 2 is 2.62 bits per heavy atom. The first-order valence-corrected chi connectivity index (χ1v) is 3.85. The van der Waals surface area contributed by atoms with E-state index >= 15 is 0 Å². The van der Waals surface area contributed by atoms with Crippen molar-refractivity contribution >= 4 is 5.91 Å². The van der Waals surface area contributed by atoms with Crippen LogP contribution < -0.4 is 5.73 Å². The Balaban J connectivity index is 2.75. The zero-order valence-electron chi connectivity index (χ0n) is 7.27. The van der Waals surface area contributed by atoms with E-state index in [1.54, 1.807) is 17.7 Å². The fourth-order valence-electron chi connectivity index (χ4n) is 0.955. The first-order valence-electron chi connectivity index (χ1n) is 3.85. The molecule has 0 saturated heterocycles. The fourth-order valence-corrected chi connectivity index (χ4v) is 0.955. The van der Waals surface area contributed by atoms with E-state index < -0.39 is 0 Å². The standard InChI is InChI=1S/C8H10N4O/c1-6(8(10)13)5-12-3-2-11-7(12)4-9/h2-3,6H,5H2,1H3,(H2,10,13). The highest BCUT2D eigenvalue weighted by molar-refractivity contribution is 5.76. The number of nitrogens with zero attached hydrogens (tertiary/aromatic N) is 3. The molecule has 5 heteroatoms. The molecule has 5 nitrogen and oxygen atoms in total. The van der Waals surface area contributed by atoms with Gasteiger partial charge >= 0.3 is 0 Å². The van der Waals surface area contributed by atoms with E-state index in [2.05, 4.69) is 4.98 Å². The van der Waals surface area contributed by atoms with Crippen molar-refractivity contribution in [1.82, 2.24) is 9.55 Å². The number of nitriles is 1. The van der Waals surface area contributed by atoms with Crippen LogP contribution in [0.1, 0.15) is 12.7 Å². The largest absolute Gasteiger partial charge is 0.369 e. The van der Waals surface area contributed by atoms with Crippen molar-refractivity contribution in [3.8, 4) is 6.07 Å². The Bertz CT molecular complexity index is 349. The third kappa shape index (κ3) is 2.06. The third-order valence-corrected chi connectivity index (χ3v) is 1.77. The van der Waals surface area contributed by atoms with E-state index in [0.29, 0.717) is 12.4 Å². The molecule has 1 aromatic rings. The molecule has 1 unspecified atom stereocenters. The molecule has 68 valence electrons. The second kappa shape index (κ2) is 3.72. The fraction of sp³-hybridized carbons (Fsp3) is 0.375. The van der Waals surface area contributed by atoms with E-state index in [0.717, 1.165) is 0 Å². The van der Waals surface area contributed by atoms with Crippen LogP contribution in [0.15, 0.2) is 12.4 Å². The molecule has 0 fully saturated rings. The van der Waals surface area contributed by atoms with Crippen molar-refractivity contribution in [2.24, 2.45) is 11.7 Å². The number of rotatable bonds is 3. The number of imidazole rings is 1. The van der Waals surface area contributed by atoms with Crippen LogP contribution in [0.2, 0.25) is 0 Å². The highest BCUT2D eigenvalue weighted by Crippen LogP contribution is 2.02. The van der Waals surface area contributed by atoms with Crippen LogP contribution in [0.3, 0.4) is 0 Å². The molecule has 0 aliphatic carbocycles. The number of aromatic nitrogens is 2. The Labute approximate surface area is 75.8 Å². The Hall–Kier alpha value is -1.83. The summed E-state index contributed by atoms with van der Waals surface area (Å²) in [5, 5.41) is 8.61. The zero-order chi connectivity index (χ0) is 9.84. The average Bonchev–Trinajstić information content (AvgIpc) is 2.51. The van der Waals surface area contributed by atoms with E-state index in [1.165, 1.54) is 6.20 Å². The summed E-state index contributed by atoms with van der Waals surface area (Å²) in [5.74, 6) is -0.369. The lowest BCUT2D eigenvalue weighted by Gasteiger charge is -2.07. The SMILES string of the molecule is CC(Cn1ccnc1C#N)C(N)=O. The van der Waals surface area contributed by atoms with Gasteiger partial charge in [0.15, 0.2) is 0 Å². The summed E-state index contributed by atoms with van der Waals surface area (Å²) in [6.45, 7) is 2.11. The summed E-state index contributed by atoms with van der Waals surface area (Å²) < 4.78 is 1.61. The van der Waals surface area contributed by atoms with Crippen molar-refractivity contribution in [3.05, 3.63) is 18.2 Å². The van der Waals surface area contributed by atoms with Crippen LogP contribution in [-0.4, -0.2) is 15.5 Å². The van der Waals surface area contributed by atoms with Gasteiger partial charge in [-0.15, -0.1) is 0 Å². The number of carbonyl (C=O) groups excluding carboxylic acids is 1. The lowest BCUT2D eigenvalue weighted by atomic mass is 10.2. The first kappa shape index (κ1) is 9.26. The average molecular weight is 178 g/mol. The number of nitrogens with two attached hydrogens (primary N) is 1. The normalized spacial score (nSPS) is 12.0. The van der Waals surface area contributed by atoms with Crippen LogP contribution in [0.25, 0.3) is 0 Å². The van der Waals surface area contributed by atoms with Gasteiger partial charge in [0, 0.05) is 18.9 Å². The summed E-state index contributed by atoms with van der Waals surface area (Å²) in [4.78, 5) is 14.5. The van der Waals surface area contributed by atoms with E-state index in [9.17, 15) is 4.79 Å².